The van der Waals surface area contributed by atoms with Gasteiger partial charge in [-0.05, 0) is 89.2 Å². The van der Waals surface area contributed by atoms with Gasteiger partial charge in [0.05, 0.1) is 0 Å². The van der Waals surface area contributed by atoms with Crippen LogP contribution in [0, 0.1) is 12.8 Å². The zero-order valence-corrected chi connectivity index (χ0v) is 20.3. The molecule has 1 unspecified atom stereocenters. The fraction of sp³-hybridized carbons (Fsp3) is 0.739. The number of hydrogen-bond acceptors (Lipinski definition) is 4. The average Bonchev–Trinajstić information content (AvgIpc) is 2.77. The summed E-state index contributed by atoms with van der Waals surface area (Å²) in [7, 11) is 0. The van der Waals surface area contributed by atoms with E-state index >= 15 is 0 Å². The smallest absolute Gasteiger partial charge is 0.263 e. The number of aryl methyl sites for hydroxylation is 1. The van der Waals surface area contributed by atoms with E-state index in [0.29, 0.717) is 24.1 Å². The molecule has 8 heteroatoms. The Labute approximate surface area is 198 Å². The molecule has 3 aliphatic rings. The van der Waals surface area contributed by atoms with Gasteiger partial charge in [-0.1, -0.05) is 6.42 Å². The molecule has 1 N–H and O–H groups in total. The normalized spacial score (nSPS) is 23.0. The molecule has 1 amide bonds. The molecule has 1 atom stereocenters. The fourth-order valence-corrected chi connectivity index (χ4v) is 5.30. The van der Waals surface area contributed by atoms with Gasteiger partial charge in [0.25, 0.3) is 11.5 Å². The number of piperidine rings is 3. The number of carbonyl (C=O) groups is 1. The van der Waals surface area contributed by atoms with E-state index in [9.17, 15) is 9.59 Å². The predicted molar refractivity (Wildman–Crippen MR) is 130 cm³/mol. The summed E-state index contributed by atoms with van der Waals surface area (Å²) in [5.41, 5.74) is 1.07. The molecule has 1 aromatic heterocycles. The van der Waals surface area contributed by atoms with Gasteiger partial charge < -0.3 is 19.7 Å². The topological polar surface area (TPSA) is 57.6 Å². The summed E-state index contributed by atoms with van der Waals surface area (Å²) >= 11 is 0. The number of pyridine rings is 1. The van der Waals surface area contributed by atoms with Crippen molar-refractivity contribution in [2.75, 3.05) is 39.3 Å². The molecule has 3 aliphatic heterocycles. The third-order valence-corrected chi connectivity index (χ3v) is 7.10. The molecular formula is C23H38Cl2N4O2. The lowest BCUT2D eigenvalue weighted by molar-refractivity contribution is 0.0587. The van der Waals surface area contributed by atoms with Gasteiger partial charge in [-0.15, -0.1) is 24.8 Å². The lowest BCUT2D eigenvalue weighted by Gasteiger charge is -2.40. The average molecular weight is 473 g/mol. The Balaban J connectivity index is 0.00000171. The molecule has 4 heterocycles. The molecule has 3 fully saturated rings. The Morgan fingerprint density at radius 3 is 2.39 bits per heavy atom. The maximum atomic E-state index is 13.3. The number of nitrogens with zero attached hydrogens (tertiary/aromatic N) is 3. The van der Waals surface area contributed by atoms with E-state index < -0.39 is 0 Å². The molecule has 0 aliphatic carbocycles. The highest BCUT2D eigenvalue weighted by atomic mass is 35.5. The molecule has 1 aromatic rings. The third kappa shape index (κ3) is 6.25. The highest BCUT2D eigenvalue weighted by molar-refractivity contribution is 5.95. The molecule has 0 saturated carbocycles. The van der Waals surface area contributed by atoms with Crippen molar-refractivity contribution in [3.63, 3.8) is 0 Å². The number of likely N-dealkylation sites (tertiary alicyclic amines) is 2. The molecule has 0 radical (unpaired) electrons. The van der Waals surface area contributed by atoms with Crippen molar-refractivity contribution in [2.45, 2.75) is 64.5 Å². The maximum Gasteiger partial charge on any atom is 0.263 e. The molecule has 0 aromatic carbocycles. The van der Waals surface area contributed by atoms with Crippen LogP contribution in [0.4, 0.5) is 0 Å². The van der Waals surface area contributed by atoms with Crippen LogP contribution in [-0.4, -0.2) is 65.6 Å². The number of nitrogens with one attached hydrogen (secondary N) is 1. The number of hydrogen-bond donors (Lipinski definition) is 1. The summed E-state index contributed by atoms with van der Waals surface area (Å²) in [6, 6.07) is 2.54. The first kappa shape index (κ1) is 26.2. The van der Waals surface area contributed by atoms with Crippen LogP contribution >= 0.6 is 24.8 Å². The molecule has 0 bridgehead atoms. The summed E-state index contributed by atoms with van der Waals surface area (Å²) in [6.07, 6.45) is 10.2. The van der Waals surface area contributed by atoms with E-state index in [1.807, 2.05) is 24.1 Å². The second-order valence-corrected chi connectivity index (χ2v) is 9.16. The highest BCUT2D eigenvalue weighted by Crippen LogP contribution is 2.22. The quantitative estimate of drug-likeness (QED) is 0.731. The van der Waals surface area contributed by atoms with E-state index in [0.717, 1.165) is 57.4 Å². The molecule has 3 saturated heterocycles. The molecule has 176 valence electrons. The first-order valence-corrected chi connectivity index (χ1v) is 11.6. The zero-order chi connectivity index (χ0) is 20.2. The van der Waals surface area contributed by atoms with Crippen molar-refractivity contribution in [1.82, 2.24) is 19.7 Å². The van der Waals surface area contributed by atoms with Gasteiger partial charge in [0.15, 0.2) is 0 Å². The van der Waals surface area contributed by atoms with E-state index in [4.69, 9.17) is 0 Å². The van der Waals surface area contributed by atoms with Gasteiger partial charge in [-0.2, -0.15) is 0 Å². The van der Waals surface area contributed by atoms with Crippen LogP contribution in [0.15, 0.2) is 17.1 Å². The summed E-state index contributed by atoms with van der Waals surface area (Å²) < 4.78 is 1.76. The van der Waals surface area contributed by atoms with Crippen LogP contribution in [0.1, 0.15) is 60.9 Å². The van der Waals surface area contributed by atoms with Crippen LogP contribution in [0.5, 0.6) is 0 Å². The Morgan fingerprint density at radius 2 is 1.74 bits per heavy atom. The van der Waals surface area contributed by atoms with E-state index in [1.165, 1.54) is 32.4 Å². The minimum absolute atomic E-state index is 0. The number of aromatic nitrogens is 1. The van der Waals surface area contributed by atoms with Gasteiger partial charge in [0.2, 0.25) is 0 Å². The minimum atomic E-state index is -0.112. The number of rotatable bonds is 4. The van der Waals surface area contributed by atoms with Gasteiger partial charge in [-0.25, -0.2) is 0 Å². The SMILES string of the molecule is Cc1ccn(CC2CCCNC2)c(=O)c1C(=O)N1CCC(N2CCCCC2)CC1.Cl.Cl. The third-order valence-electron chi connectivity index (χ3n) is 7.10. The molecular weight excluding hydrogens is 435 g/mol. The Hall–Kier alpha value is -1.08. The van der Waals surface area contributed by atoms with Gasteiger partial charge in [-0.3, -0.25) is 9.59 Å². The number of halogens is 2. The fourth-order valence-electron chi connectivity index (χ4n) is 5.30. The summed E-state index contributed by atoms with van der Waals surface area (Å²) in [4.78, 5) is 30.9. The van der Waals surface area contributed by atoms with Gasteiger partial charge >= 0.3 is 0 Å². The van der Waals surface area contributed by atoms with Gasteiger partial charge in [0.1, 0.15) is 5.56 Å². The zero-order valence-electron chi connectivity index (χ0n) is 18.7. The predicted octanol–water partition coefficient (Wildman–Crippen LogP) is 3.09. The van der Waals surface area contributed by atoms with Crippen LogP contribution in [-0.2, 0) is 6.54 Å². The lowest BCUT2D eigenvalue weighted by Crippen LogP contribution is -2.49. The highest BCUT2D eigenvalue weighted by Gasteiger charge is 2.30. The van der Waals surface area contributed by atoms with Crippen molar-refractivity contribution < 1.29 is 4.79 Å². The largest absolute Gasteiger partial charge is 0.338 e. The van der Waals surface area contributed by atoms with Crippen molar-refractivity contribution in [3.05, 3.63) is 33.7 Å². The van der Waals surface area contributed by atoms with Crippen molar-refractivity contribution in [3.8, 4) is 0 Å². The second kappa shape index (κ2) is 12.2. The Morgan fingerprint density at radius 1 is 1.03 bits per heavy atom. The number of amides is 1. The first-order chi connectivity index (χ1) is 14.1. The maximum absolute atomic E-state index is 13.3. The first-order valence-electron chi connectivity index (χ1n) is 11.6. The number of carbonyl (C=O) groups excluding carboxylic acids is 1. The summed E-state index contributed by atoms with van der Waals surface area (Å²) in [5.74, 6) is 0.396. The molecule has 6 nitrogen and oxygen atoms in total. The van der Waals surface area contributed by atoms with Crippen molar-refractivity contribution >= 4 is 30.7 Å². The minimum Gasteiger partial charge on any atom is -0.338 e. The van der Waals surface area contributed by atoms with E-state index in [2.05, 4.69) is 10.2 Å². The Bertz CT molecular complexity index is 765. The van der Waals surface area contributed by atoms with Crippen LogP contribution in [0.2, 0.25) is 0 Å². The van der Waals surface area contributed by atoms with Crippen molar-refractivity contribution in [1.29, 1.82) is 0 Å². The molecule has 0 spiro atoms. The molecule has 31 heavy (non-hydrogen) atoms. The van der Waals surface area contributed by atoms with Crippen LogP contribution in [0.3, 0.4) is 0 Å². The molecule has 4 rings (SSSR count). The monoisotopic (exact) mass is 472 g/mol. The van der Waals surface area contributed by atoms with E-state index in [-0.39, 0.29) is 36.3 Å². The van der Waals surface area contributed by atoms with Crippen LogP contribution < -0.4 is 10.9 Å². The second-order valence-electron chi connectivity index (χ2n) is 9.16. The summed E-state index contributed by atoms with van der Waals surface area (Å²) in [6.45, 7) is 8.55. The van der Waals surface area contributed by atoms with E-state index in [1.54, 1.807) is 4.57 Å². The Kier molecular flexibility index (Phi) is 10.3. The lowest BCUT2D eigenvalue weighted by atomic mass is 9.98. The standard InChI is InChI=1S/C23H36N4O2.2ClH/c1-18-7-13-27(17-19-6-5-10-24-16-19)23(29)21(18)22(28)26-14-8-20(9-15-26)25-11-3-2-4-12-25;;/h7,13,19-20,24H,2-6,8-12,14-17H2,1H3;2*1H. The van der Waals surface area contributed by atoms with Crippen LogP contribution in [0.25, 0.3) is 0 Å². The van der Waals surface area contributed by atoms with Crippen molar-refractivity contribution in [2.24, 2.45) is 5.92 Å². The summed E-state index contributed by atoms with van der Waals surface area (Å²) in [5, 5.41) is 3.41. The van der Waals surface area contributed by atoms with Gasteiger partial charge in [0, 0.05) is 31.9 Å².